The highest BCUT2D eigenvalue weighted by Crippen LogP contribution is 2.18. The van der Waals surface area contributed by atoms with Crippen LogP contribution in [0.5, 0.6) is 0 Å². The van der Waals surface area contributed by atoms with Gasteiger partial charge in [0.25, 0.3) is 0 Å². The van der Waals surface area contributed by atoms with Gasteiger partial charge in [-0.15, -0.1) is 0 Å². The lowest BCUT2D eigenvalue weighted by Crippen LogP contribution is -2.06. The molecule has 4 nitrogen and oxygen atoms in total. The lowest BCUT2D eigenvalue weighted by molar-refractivity contribution is 0.0600. The summed E-state index contributed by atoms with van der Waals surface area (Å²) in [4.78, 5) is 15.4. The van der Waals surface area contributed by atoms with Crippen molar-refractivity contribution in [3.63, 3.8) is 0 Å². The van der Waals surface area contributed by atoms with Crippen molar-refractivity contribution in [1.29, 1.82) is 0 Å². The fourth-order valence-electron chi connectivity index (χ4n) is 1.75. The molecule has 0 aliphatic heterocycles. The second kappa shape index (κ2) is 6.14. The van der Waals surface area contributed by atoms with E-state index >= 15 is 0 Å². The zero-order valence-electron chi connectivity index (χ0n) is 11.3. The lowest BCUT2D eigenvalue weighted by Gasteiger charge is -2.09. The van der Waals surface area contributed by atoms with E-state index in [0.29, 0.717) is 17.7 Å². The molecular formula is C15H15FN2O2. The topological polar surface area (TPSA) is 51.2 Å². The van der Waals surface area contributed by atoms with Gasteiger partial charge in [-0.2, -0.15) is 0 Å². The van der Waals surface area contributed by atoms with Crippen molar-refractivity contribution in [3.05, 3.63) is 59.2 Å². The van der Waals surface area contributed by atoms with Crippen molar-refractivity contribution in [3.8, 4) is 0 Å². The molecule has 0 radical (unpaired) electrons. The van der Waals surface area contributed by atoms with Crippen LogP contribution in [0.1, 0.15) is 21.6 Å². The summed E-state index contributed by atoms with van der Waals surface area (Å²) in [5.41, 5.74) is 2.45. The minimum atomic E-state index is -0.419. The Kier molecular flexibility index (Phi) is 4.30. The smallest absolute Gasteiger partial charge is 0.339 e. The number of rotatable bonds is 4. The van der Waals surface area contributed by atoms with E-state index in [-0.39, 0.29) is 5.82 Å². The molecule has 1 aromatic heterocycles. The molecule has 0 amide bonds. The maximum absolute atomic E-state index is 13.4. The van der Waals surface area contributed by atoms with Crippen molar-refractivity contribution in [2.24, 2.45) is 0 Å². The predicted molar refractivity (Wildman–Crippen MR) is 74.0 cm³/mol. The van der Waals surface area contributed by atoms with Gasteiger partial charge in [0.05, 0.1) is 24.9 Å². The summed E-state index contributed by atoms with van der Waals surface area (Å²) in [6, 6.07) is 8.26. The van der Waals surface area contributed by atoms with Crippen LogP contribution in [0.2, 0.25) is 0 Å². The second-order valence-electron chi connectivity index (χ2n) is 4.30. The van der Waals surface area contributed by atoms with Crippen LogP contribution in [0.3, 0.4) is 0 Å². The van der Waals surface area contributed by atoms with E-state index in [1.165, 1.54) is 19.4 Å². The van der Waals surface area contributed by atoms with Gasteiger partial charge in [-0.3, -0.25) is 4.98 Å². The van der Waals surface area contributed by atoms with Gasteiger partial charge in [0.15, 0.2) is 0 Å². The molecular weight excluding hydrogens is 259 g/mol. The summed E-state index contributed by atoms with van der Waals surface area (Å²) >= 11 is 0. The molecule has 5 heteroatoms. The molecule has 1 heterocycles. The zero-order valence-corrected chi connectivity index (χ0v) is 11.3. The first-order valence-corrected chi connectivity index (χ1v) is 6.14. The zero-order chi connectivity index (χ0) is 14.5. The van der Waals surface area contributed by atoms with Crippen molar-refractivity contribution < 1.29 is 13.9 Å². The summed E-state index contributed by atoms with van der Waals surface area (Å²) in [6.45, 7) is 2.16. The maximum Gasteiger partial charge on any atom is 0.339 e. The summed E-state index contributed by atoms with van der Waals surface area (Å²) < 4.78 is 18.0. The number of pyridine rings is 1. The number of anilines is 1. The van der Waals surface area contributed by atoms with Gasteiger partial charge in [-0.25, -0.2) is 9.18 Å². The van der Waals surface area contributed by atoms with Crippen molar-refractivity contribution >= 4 is 11.7 Å². The minimum absolute atomic E-state index is 0.246. The van der Waals surface area contributed by atoms with Crippen LogP contribution in [0.15, 0.2) is 36.5 Å². The predicted octanol–water partition coefficient (Wildman–Crippen LogP) is 2.93. The van der Waals surface area contributed by atoms with Crippen LogP contribution in [-0.4, -0.2) is 18.1 Å². The fraction of sp³-hybridized carbons (Fsp3) is 0.200. The molecule has 0 saturated heterocycles. The Bertz CT molecular complexity index is 612. The van der Waals surface area contributed by atoms with E-state index in [2.05, 4.69) is 15.0 Å². The highest BCUT2D eigenvalue weighted by atomic mass is 19.1. The highest BCUT2D eigenvalue weighted by molar-refractivity contribution is 5.88. The molecule has 2 rings (SSSR count). The van der Waals surface area contributed by atoms with Gasteiger partial charge in [-0.05, 0) is 31.2 Å². The number of carbonyl (C=O) groups is 1. The van der Waals surface area contributed by atoms with Gasteiger partial charge in [-0.1, -0.05) is 6.07 Å². The van der Waals surface area contributed by atoms with Gasteiger partial charge < -0.3 is 10.1 Å². The monoisotopic (exact) mass is 274 g/mol. The van der Waals surface area contributed by atoms with E-state index < -0.39 is 5.97 Å². The molecule has 20 heavy (non-hydrogen) atoms. The third-order valence-corrected chi connectivity index (χ3v) is 2.97. The number of ether oxygens (including phenoxy) is 1. The van der Waals surface area contributed by atoms with Gasteiger partial charge >= 0.3 is 5.97 Å². The standard InChI is InChI=1S/C15H15FN2O2/c1-10-13(16)4-3-5-14(10)18-9-12-7-6-11(8-17-12)15(19)20-2/h3-8,18H,9H2,1-2H3. The molecule has 0 unspecified atom stereocenters. The van der Waals surface area contributed by atoms with Crippen LogP contribution in [0.4, 0.5) is 10.1 Å². The van der Waals surface area contributed by atoms with Crippen LogP contribution in [0.25, 0.3) is 0 Å². The van der Waals surface area contributed by atoms with E-state index in [1.54, 1.807) is 31.2 Å². The van der Waals surface area contributed by atoms with Gasteiger partial charge in [0.2, 0.25) is 0 Å². The van der Waals surface area contributed by atoms with E-state index in [1.807, 2.05) is 0 Å². The summed E-state index contributed by atoms with van der Waals surface area (Å²) in [7, 11) is 1.32. The normalized spacial score (nSPS) is 10.2. The first-order chi connectivity index (χ1) is 9.61. The number of halogens is 1. The number of nitrogens with zero attached hydrogens (tertiary/aromatic N) is 1. The van der Waals surface area contributed by atoms with Gasteiger partial charge in [0, 0.05) is 17.4 Å². The Labute approximate surface area is 116 Å². The second-order valence-corrected chi connectivity index (χ2v) is 4.30. The Morgan fingerprint density at radius 3 is 2.80 bits per heavy atom. The van der Waals surface area contributed by atoms with Gasteiger partial charge in [0.1, 0.15) is 5.82 Å². The lowest BCUT2D eigenvalue weighted by atomic mass is 10.2. The van der Waals surface area contributed by atoms with Crippen LogP contribution in [0, 0.1) is 12.7 Å². The Morgan fingerprint density at radius 2 is 2.15 bits per heavy atom. The van der Waals surface area contributed by atoms with E-state index in [4.69, 9.17) is 0 Å². The molecule has 0 saturated carbocycles. The molecule has 1 N–H and O–H groups in total. The quantitative estimate of drug-likeness (QED) is 0.871. The first-order valence-electron chi connectivity index (χ1n) is 6.14. The molecule has 0 atom stereocenters. The summed E-state index contributed by atoms with van der Waals surface area (Å²) in [6.07, 6.45) is 1.46. The molecule has 1 aromatic carbocycles. The third-order valence-electron chi connectivity index (χ3n) is 2.97. The number of hydrogen-bond acceptors (Lipinski definition) is 4. The van der Waals surface area contributed by atoms with Crippen LogP contribution >= 0.6 is 0 Å². The third kappa shape index (κ3) is 3.12. The maximum atomic E-state index is 13.4. The van der Waals surface area contributed by atoms with Crippen LogP contribution < -0.4 is 5.32 Å². The van der Waals surface area contributed by atoms with E-state index in [0.717, 1.165) is 11.4 Å². The van der Waals surface area contributed by atoms with Crippen LogP contribution in [-0.2, 0) is 11.3 Å². The number of hydrogen-bond donors (Lipinski definition) is 1. The molecule has 0 spiro atoms. The van der Waals surface area contributed by atoms with E-state index in [9.17, 15) is 9.18 Å². The molecule has 0 fully saturated rings. The Morgan fingerprint density at radius 1 is 1.35 bits per heavy atom. The number of nitrogens with one attached hydrogen (secondary N) is 1. The average molecular weight is 274 g/mol. The Hall–Kier alpha value is -2.43. The molecule has 0 aliphatic rings. The van der Waals surface area contributed by atoms with Crippen molar-refractivity contribution in [1.82, 2.24) is 4.98 Å². The molecule has 2 aromatic rings. The van der Waals surface area contributed by atoms with Crippen molar-refractivity contribution in [2.45, 2.75) is 13.5 Å². The first kappa shape index (κ1) is 14.0. The fourth-order valence-corrected chi connectivity index (χ4v) is 1.75. The SMILES string of the molecule is COC(=O)c1ccc(CNc2cccc(F)c2C)nc1. The van der Waals surface area contributed by atoms with Crippen molar-refractivity contribution in [2.75, 3.05) is 12.4 Å². The number of benzene rings is 1. The minimum Gasteiger partial charge on any atom is -0.465 e. The highest BCUT2D eigenvalue weighted by Gasteiger charge is 2.06. The molecule has 0 bridgehead atoms. The number of methoxy groups -OCH3 is 1. The molecule has 0 aliphatic carbocycles. The Balaban J connectivity index is 2.04. The summed E-state index contributed by atoms with van der Waals surface area (Å²) in [5.74, 6) is -0.665. The number of carbonyl (C=O) groups excluding carboxylic acids is 1. The largest absolute Gasteiger partial charge is 0.465 e. The number of esters is 1. The summed E-state index contributed by atoms with van der Waals surface area (Å²) in [5, 5.41) is 3.11. The average Bonchev–Trinajstić information content (AvgIpc) is 2.48. The number of aromatic nitrogens is 1. The molecule has 104 valence electrons.